The minimum absolute atomic E-state index is 0.195. The SMILES string of the molecule is CN(C(=O)[C@@H]1COC(C)(C)O1)c1ccc(O)c(O)c1. The van der Waals surface area contributed by atoms with Gasteiger partial charge in [0.25, 0.3) is 5.91 Å². The molecule has 1 aliphatic rings. The van der Waals surface area contributed by atoms with E-state index in [9.17, 15) is 15.0 Å². The Kier molecular flexibility index (Phi) is 3.38. The van der Waals surface area contributed by atoms with Gasteiger partial charge in [-0.2, -0.15) is 0 Å². The van der Waals surface area contributed by atoms with Crippen molar-refractivity contribution >= 4 is 11.6 Å². The number of hydrogen-bond donors (Lipinski definition) is 2. The fourth-order valence-electron chi connectivity index (χ4n) is 1.87. The summed E-state index contributed by atoms with van der Waals surface area (Å²) in [5.41, 5.74) is 0.466. The van der Waals surface area contributed by atoms with E-state index in [1.165, 1.54) is 23.1 Å². The van der Waals surface area contributed by atoms with E-state index < -0.39 is 11.9 Å². The molecular weight excluding hydrogens is 250 g/mol. The first kappa shape index (κ1) is 13.6. The third kappa shape index (κ3) is 2.80. The molecule has 0 bridgehead atoms. The summed E-state index contributed by atoms with van der Waals surface area (Å²) in [6.07, 6.45) is -0.670. The third-order valence-electron chi connectivity index (χ3n) is 2.96. The zero-order chi connectivity index (χ0) is 14.2. The van der Waals surface area contributed by atoms with Gasteiger partial charge < -0.3 is 24.6 Å². The number of carbonyl (C=O) groups excluding carboxylic acids is 1. The molecule has 0 radical (unpaired) electrons. The molecule has 1 atom stereocenters. The van der Waals surface area contributed by atoms with Crippen molar-refractivity contribution < 1.29 is 24.5 Å². The van der Waals surface area contributed by atoms with Gasteiger partial charge in [-0.15, -0.1) is 0 Å². The molecule has 19 heavy (non-hydrogen) atoms. The predicted octanol–water partition coefficient (Wildman–Crippen LogP) is 1.21. The highest BCUT2D eigenvalue weighted by molar-refractivity contribution is 5.96. The van der Waals surface area contributed by atoms with Crippen molar-refractivity contribution in [3.05, 3.63) is 18.2 Å². The molecule has 1 heterocycles. The topological polar surface area (TPSA) is 79.2 Å². The van der Waals surface area contributed by atoms with Crippen molar-refractivity contribution in [1.82, 2.24) is 0 Å². The number of ether oxygens (including phenoxy) is 2. The number of rotatable bonds is 2. The van der Waals surface area contributed by atoms with Crippen LogP contribution < -0.4 is 4.90 Å². The smallest absolute Gasteiger partial charge is 0.258 e. The first-order chi connectivity index (χ1) is 8.80. The van der Waals surface area contributed by atoms with Crippen LogP contribution in [0.1, 0.15) is 13.8 Å². The summed E-state index contributed by atoms with van der Waals surface area (Å²) >= 11 is 0. The molecule has 6 heteroatoms. The Hall–Kier alpha value is -1.79. The lowest BCUT2D eigenvalue weighted by molar-refractivity contribution is -0.151. The van der Waals surface area contributed by atoms with Crippen LogP contribution in [-0.4, -0.2) is 41.7 Å². The second kappa shape index (κ2) is 4.71. The lowest BCUT2D eigenvalue weighted by Gasteiger charge is -2.22. The van der Waals surface area contributed by atoms with Crippen LogP contribution in [0.3, 0.4) is 0 Å². The maximum absolute atomic E-state index is 12.2. The van der Waals surface area contributed by atoms with Crippen LogP contribution in [-0.2, 0) is 14.3 Å². The molecule has 0 saturated carbocycles. The van der Waals surface area contributed by atoms with Crippen molar-refractivity contribution in [2.75, 3.05) is 18.6 Å². The number of nitrogens with zero attached hydrogens (tertiary/aromatic N) is 1. The average molecular weight is 267 g/mol. The lowest BCUT2D eigenvalue weighted by atomic mass is 10.2. The van der Waals surface area contributed by atoms with E-state index >= 15 is 0 Å². The van der Waals surface area contributed by atoms with E-state index in [2.05, 4.69) is 0 Å². The zero-order valence-electron chi connectivity index (χ0n) is 11.1. The van der Waals surface area contributed by atoms with Gasteiger partial charge in [-0.05, 0) is 26.0 Å². The van der Waals surface area contributed by atoms with Crippen molar-refractivity contribution in [2.45, 2.75) is 25.7 Å². The summed E-state index contributed by atoms with van der Waals surface area (Å²) in [4.78, 5) is 13.6. The highest BCUT2D eigenvalue weighted by Crippen LogP contribution is 2.30. The van der Waals surface area contributed by atoms with Crippen molar-refractivity contribution in [3.63, 3.8) is 0 Å². The number of benzene rings is 1. The summed E-state index contributed by atoms with van der Waals surface area (Å²) in [6, 6.07) is 4.17. The zero-order valence-corrected chi connectivity index (χ0v) is 11.1. The molecule has 1 aliphatic heterocycles. The lowest BCUT2D eigenvalue weighted by Crippen LogP contribution is -2.38. The van der Waals surface area contributed by atoms with Crippen LogP contribution >= 0.6 is 0 Å². The third-order valence-corrected chi connectivity index (χ3v) is 2.96. The first-order valence-electron chi connectivity index (χ1n) is 5.91. The van der Waals surface area contributed by atoms with E-state index in [4.69, 9.17) is 9.47 Å². The predicted molar refractivity (Wildman–Crippen MR) is 68.1 cm³/mol. The molecule has 1 aromatic rings. The fourth-order valence-corrected chi connectivity index (χ4v) is 1.87. The minimum atomic E-state index is -0.766. The van der Waals surface area contributed by atoms with Gasteiger partial charge in [0.1, 0.15) is 0 Å². The summed E-state index contributed by atoms with van der Waals surface area (Å²) in [5, 5.41) is 18.7. The summed E-state index contributed by atoms with van der Waals surface area (Å²) in [7, 11) is 1.57. The molecular formula is C13H17NO5. The fraction of sp³-hybridized carbons (Fsp3) is 0.462. The highest BCUT2D eigenvalue weighted by atomic mass is 16.7. The Morgan fingerprint density at radius 2 is 2.05 bits per heavy atom. The van der Waals surface area contributed by atoms with Gasteiger partial charge in [-0.25, -0.2) is 0 Å². The number of phenols is 2. The standard InChI is InChI=1S/C13H17NO5/c1-13(2)18-7-11(19-13)12(17)14(3)8-4-5-9(15)10(16)6-8/h4-6,11,15-16H,7H2,1-3H3/t11-/m0/s1. The number of likely N-dealkylation sites (N-methyl/N-ethyl adjacent to an activating group) is 1. The monoisotopic (exact) mass is 267 g/mol. The number of anilines is 1. The van der Waals surface area contributed by atoms with Crippen LogP contribution in [0.25, 0.3) is 0 Å². The quantitative estimate of drug-likeness (QED) is 0.787. The van der Waals surface area contributed by atoms with E-state index in [-0.39, 0.29) is 24.0 Å². The summed E-state index contributed by atoms with van der Waals surface area (Å²) in [5.74, 6) is -1.54. The van der Waals surface area contributed by atoms with Crippen molar-refractivity contribution in [3.8, 4) is 11.5 Å². The highest BCUT2D eigenvalue weighted by Gasteiger charge is 2.38. The van der Waals surface area contributed by atoms with Crippen molar-refractivity contribution in [1.29, 1.82) is 0 Å². The number of carbonyl (C=O) groups is 1. The Bertz CT molecular complexity index is 500. The maximum Gasteiger partial charge on any atom is 0.258 e. The molecule has 1 amide bonds. The molecule has 6 nitrogen and oxygen atoms in total. The normalized spacial score (nSPS) is 21.3. The van der Waals surface area contributed by atoms with E-state index in [0.717, 1.165) is 0 Å². The Labute approximate surface area is 111 Å². The van der Waals surface area contributed by atoms with Gasteiger partial charge in [0.2, 0.25) is 0 Å². The average Bonchev–Trinajstić information content (AvgIpc) is 2.71. The van der Waals surface area contributed by atoms with E-state index in [0.29, 0.717) is 5.69 Å². The molecule has 2 N–H and O–H groups in total. The molecule has 1 saturated heterocycles. The number of amides is 1. The summed E-state index contributed by atoms with van der Waals surface area (Å²) in [6.45, 7) is 3.68. The Morgan fingerprint density at radius 1 is 1.37 bits per heavy atom. The molecule has 0 unspecified atom stereocenters. The van der Waals surface area contributed by atoms with Crippen molar-refractivity contribution in [2.24, 2.45) is 0 Å². The Morgan fingerprint density at radius 3 is 2.58 bits per heavy atom. The van der Waals surface area contributed by atoms with E-state index in [1.54, 1.807) is 20.9 Å². The van der Waals surface area contributed by atoms with Crippen LogP contribution in [0.15, 0.2) is 18.2 Å². The molecule has 0 aliphatic carbocycles. The molecule has 0 spiro atoms. The number of phenolic OH excluding ortho intramolecular Hbond substituents is 2. The second-order valence-corrected chi connectivity index (χ2v) is 4.89. The molecule has 104 valence electrons. The van der Waals surface area contributed by atoms with Crippen LogP contribution in [0.2, 0.25) is 0 Å². The maximum atomic E-state index is 12.2. The van der Waals surface area contributed by atoms with Gasteiger partial charge in [0.05, 0.1) is 6.61 Å². The van der Waals surface area contributed by atoms with E-state index in [1.807, 2.05) is 0 Å². The molecule has 2 rings (SSSR count). The molecule has 1 aromatic carbocycles. The largest absolute Gasteiger partial charge is 0.504 e. The number of hydrogen-bond acceptors (Lipinski definition) is 5. The van der Waals surface area contributed by atoms with Crippen LogP contribution in [0.5, 0.6) is 11.5 Å². The summed E-state index contributed by atoms with van der Waals surface area (Å²) < 4.78 is 10.8. The van der Waals surface area contributed by atoms with Gasteiger partial charge >= 0.3 is 0 Å². The number of aromatic hydroxyl groups is 2. The minimum Gasteiger partial charge on any atom is -0.504 e. The first-order valence-corrected chi connectivity index (χ1v) is 5.91. The second-order valence-electron chi connectivity index (χ2n) is 4.89. The molecule has 1 fully saturated rings. The van der Waals surface area contributed by atoms with Crippen LogP contribution in [0, 0.1) is 0 Å². The van der Waals surface area contributed by atoms with Gasteiger partial charge in [-0.3, -0.25) is 4.79 Å². The van der Waals surface area contributed by atoms with Gasteiger partial charge in [0.15, 0.2) is 23.4 Å². The van der Waals surface area contributed by atoms with Crippen LogP contribution in [0.4, 0.5) is 5.69 Å². The van der Waals surface area contributed by atoms with Gasteiger partial charge in [-0.1, -0.05) is 0 Å². The molecule has 0 aromatic heterocycles. The Balaban J connectivity index is 2.13. The van der Waals surface area contributed by atoms with Gasteiger partial charge in [0, 0.05) is 18.8 Å².